The van der Waals surface area contributed by atoms with Crippen LogP contribution in [-0.4, -0.2) is 25.3 Å². The molecular weight excluding hydrogens is 332 g/mol. The average molecular weight is 344 g/mol. The number of thioether (sulfide) groups is 1. The van der Waals surface area contributed by atoms with Crippen molar-refractivity contribution in [3.8, 4) is 5.95 Å². The molecule has 0 unspecified atom stereocenters. The lowest BCUT2D eigenvalue weighted by atomic mass is 10.3. The summed E-state index contributed by atoms with van der Waals surface area (Å²) in [5.74, 6) is -1.01. The Kier molecular flexibility index (Phi) is 4.68. The predicted octanol–water partition coefficient (Wildman–Crippen LogP) is -1.05. The van der Waals surface area contributed by atoms with Gasteiger partial charge in [-0.05, 0) is 36.0 Å². The second-order valence-electron chi connectivity index (χ2n) is 4.20. The lowest BCUT2D eigenvalue weighted by Crippen LogP contribution is -2.32. The number of sulfonamides is 1. The van der Waals surface area contributed by atoms with E-state index >= 15 is 0 Å². The van der Waals surface area contributed by atoms with E-state index in [4.69, 9.17) is 5.14 Å². The normalized spacial score (nSPS) is 11.4. The number of aromatic nitrogens is 2. The zero-order chi connectivity index (χ0) is 16.3. The van der Waals surface area contributed by atoms with Crippen molar-refractivity contribution in [1.82, 2.24) is 5.27 Å². The minimum atomic E-state index is -3.77. The number of nitrogens with one attached hydrogen (secondary N) is 1. The fourth-order valence-electron chi connectivity index (χ4n) is 1.52. The standard InChI is InChI=1S/C11H12N4O5S2/c1-15-10(11(17)20-14-15)21-6-9(16)13-7-2-4-8(5-3-7)22(12,18)19/h2-5H,6H2,1H3,(H3-,12,13,14,16,17,18,19). The number of nitrogens with zero attached hydrogens (tertiary/aromatic N) is 2. The summed E-state index contributed by atoms with van der Waals surface area (Å²) in [7, 11) is -2.24. The molecule has 0 bridgehead atoms. The molecule has 3 N–H and O–H groups in total. The van der Waals surface area contributed by atoms with Gasteiger partial charge in [0.2, 0.25) is 15.9 Å². The second kappa shape index (κ2) is 6.34. The van der Waals surface area contributed by atoms with Gasteiger partial charge in [-0.25, -0.2) is 13.6 Å². The third-order valence-corrected chi connectivity index (χ3v) is 4.56. The van der Waals surface area contributed by atoms with Gasteiger partial charge < -0.3 is 14.9 Å². The Bertz CT molecular complexity index is 766. The van der Waals surface area contributed by atoms with Crippen molar-refractivity contribution in [1.29, 1.82) is 0 Å². The Morgan fingerprint density at radius 2 is 2.09 bits per heavy atom. The minimum absolute atomic E-state index is 0.0266. The smallest absolute Gasteiger partial charge is 0.291 e. The van der Waals surface area contributed by atoms with Crippen LogP contribution >= 0.6 is 11.8 Å². The van der Waals surface area contributed by atoms with Crippen molar-refractivity contribution in [2.24, 2.45) is 12.2 Å². The predicted molar refractivity (Wildman–Crippen MR) is 74.3 cm³/mol. The van der Waals surface area contributed by atoms with Crippen LogP contribution in [0.5, 0.6) is 5.95 Å². The van der Waals surface area contributed by atoms with Gasteiger partial charge in [0.15, 0.2) is 13.0 Å². The summed E-state index contributed by atoms with van der Waals surface area (Å²) in [6.07, 6.45) is 0. The highest BCUT2D eigenvalue weighted by Gasteiger charge is 2.16. The topological polar surface area (TPSA) is 142 Å². The van der Waals surface area contributed by atoms with Gasteiger partial charge in [-0.3, -0.25) is 4.79 Å². The number of amides is 1. The third-order valence-electron chi connectivity index (χ3n) is 2.52. The van der Waals surface area contributed by atoms with Gasteiger partial charge in [-0.15, -0.1) is 0 Å². The number of carbonyl (C=O) groups is 1. The van der Waals surface area contributed by atoms with Crippen LogP contribution in [0.1, 0.15) is 0 Å². The number of rotatable bonds is 5. The van der Waals surface area contributed by atoms with E-state index in [0.29, 0.717) is 5.69 Å². The van der Waals surface area contributed by atoms with Gasteiger partial charge in [0.25, 0.3) is 5.03 Å². The number of aryl methyl sites for hydroxylation is 1. The van der Waals surface area contributed by atoms with Crippen molar-refractivity contribution < 1.29 is 27.5 Å². The molecule has 2 rings (SSSR count). The number of anilines is 1. The first-order valence-corrected chi connectivity index (χ1v) is 8.39. The van der Waals surface area contributed by atoms with Crippen molar-refractivity contribution in [3.05, 3.63) is 24.3 Å². The van der Waals surface area contributed by atoms with E-state index in [1.54, 1.807) is 0 Å². The molecule has 0 saturated carbocycles. The molecule has 0 radical (unpaired) electrons. The van der Waals surface area contributed by atoms with E-state index in [9.17, 15) is 18.3 Å². The summed E-state index contributed by atoms with van der Waals surface area (Å²) < 4.78 is 27.9. The molecule has 1 amide bonds. The molecule has 0 saturated heterocycles. The maximum atomic E-state index is 11.8. The van der Waals surface area contributed by atoms with Crippen LogP contribution in [0.15, 0.2) is 38.7 Å². The lowest BCUT2D eigenvalue weighted by Gasteiger charge is -2.05. The molecule has 1 aromatic carbocycles. The molecule has 1 aromatic heterocycles. The number of benzene rings is 1. The first-order valence-electron chi connectivity index (χ1n) is 5.86. The molecule has 11 heteroatoms. The maximum absolute atomic E-state index is 11.8. The first-order chi connectivity index (χ1) is 10.3. The van der Waals surface area contributed by atoms with E-state index < -0.39 is 16.0 Å². The number of carbonyl (C=O) groups excluding carboxylic acids is 1. The van der Waals surface area contributed by atoms with Crippen molar-refractivity contribution >= 4 is 33.4 Å². The van der Waals surface area contributed by atoms with Crippen LogP contribution in [0.3, 0.4) is 0 Å². The van der Waals surface area contributed by atoms with E-state index in [-0.39, 0.29) is 21.6 Å². The molecule has 0 fully saturated rings. The summed E-state index contributed by atoms with van der Waals surface area (Å²) in [5, 5.41) is 22.4. The van der Waals surface area contributed by atoms with Crippen LogP contribution in [0.2, 0.25) is 0 Å². The van der Waals surface area contributed by atoms with Crippen LogP contribution < -0.4 is 20.2 Å². The number of primary sulfonamides is 1. The lowest BCUT2D eigenvalue weighted by molar-refractivity contribution is -0.772. The average Bonchev–Trinajstić information content (AvgIpc) is 2.75. The summed E-state index contributed by atoms with van der Waals surface area (Å²) in [6.45, 7) is 0. The molecule has 1 heterocycles. The molecule has 0 atom stereocenters. The fourth-order valence-corrected chi connectivity index (χ4v) is 2.75. The molecule has 0 aliphatic heterocycles. The molecule has 0 aliphatic carbocycles. The molecular formula is C11H12N4O5S2. The molecule has 22 heavy (non-hydrogen) atoms. The van der Waals surface area contributed by atoms with Crippen molar-refractivity contribution in [2.75, 3.05) is 11.1 Å². The molecule has 0 aliphatic rings. The van der Waals surface area contributed by atoms with Crippen molar-refractivity contribution in [2.45, 2.75) is 9.92 Å². The molecule has 0 spiro atoms. The number of hydrogen-bond donors (Lipinski definition) is 2. The first kappa shape index (κ1) is 16.3. The van der Waals surface area contributed by atoms with Gasteiger partial charge in [0.05, 0.1) is 15.9 Å². The quantitative estimate of drug-likeness (QED) is 0.520. The van der Waals surface area contributed by atoms with E-state index in [2.05, 4.69) is 15.1 Å². The SMILES string of the molecule is C[n+]1noc([O-])c1SCC(=O)Nc1ccc(S(N)(=O)=O)cc1. The zero-order valence-electron chi connectivity index (χ0n) is 11.3. The molecule has 9 nitrogen and oxygen atoms in total. The zero-order valence-corrected chi connectivity index (χ0v) is 13.0. The monoisotopic (exact) mass is 344 g/mol. The van der Waals surface area contributed by atoms with Crippen LogP contribution in [-0.2, 0) is 21.9 Å². The minimum Gasteiger partial charge on any atom is -0.538 e. The number of hydrogen-bond acceptors (Lipinski definition) is 7. The Hall–Kier alpha value is -2.11. The Labute approximate surface area is 130 Å². The Morgan fingerprint density at radius 1 is 1.45 bits per heavy atom. The fraction of sp³-hybridized carbons (Fsp3) is 0.182. The summed E-state index contributed by atoms with van der Waals surface area (Å²) in [4.78, 5) is 11.7. The van der Waals surface area contributed by atoms with Gasteiger partial charge in [-0.1, -0.05) is 4.68 Å². The number of nitrogens with two attached hydrogens (primary N) is 1. The summed E-state index contributed by atoms with van der Waals surface area (Å²) in [5.41, 5.74) is 0.412. The van der Waals surface area contributed by atoms with Crippen LogP contribution in [0, 0.1) is 0 Å². The van der Waals surface area contributed by atoms with Gasteiger partial charge >= 0.3 is 0 Å². The second-order valence-corrected chi connectivity index (χ2v) is 6.72. The largest absolute Gasteiger partial charge is 0.538 e. The molecule has 118 valence electrons. The highest BCUT2D eigenvalue weighted by Crippen LogP contribution is 2.21. The highest BCUT2D eigenvalue weighted by atomic mass is 32.2. The van der Waals surface area contributed by atoms with Crippen molar-refractivity contribution in [3.63, 3.8) is 0 Å². The summed E-state index contributed by atoms with van der Waals surface area (Å²) >= 11 is 0.981. The van der Waals surface area contributed by atoms with Crippen LogP contribution in [0.25, 0.3) is 0 Å². The third kappa shape index (κ3) is 3.96. The van der Waals surface area contributed by atoms with Gasteiger partial charge in [0.1, 0.15) is 0 Å². The highest BCUT2D eigenvalue weighted by molar-refractivity contribution is 7.99. The van der Waals surface area contributed by atoms with Crippen LogP contribution in [0.4, 0.5) is 5.69 Å². The summed E-state index contributed by atoms with van der Waals surface area (Å²) in [6, 6.07) is 5.41. The van der Waals surface area contributed by atoms with E-state index in [1.165, 1.54) is 36.0 Å². The Balaban J connectivity index is 1.95. The molecule has 2 aromatic rings. The van der Waals surface area contributed by atoms with E-state index in [1.807, 2.05) is 0 Å². The Morgan fingerprint density at radius 3 is 2.59 bits per heavy atom. The van der Waals surface area contributed by atoms with Gasteiger partial charge in [-0.2, -0.15) is 0 Å². The maximum Gasteiger partial charge on any atom is 0.291 e. The van der Waals surface area contributed by atoms with Gasteiger partial charge in [0, 0.05) is 5.69 Å². The van der Waals surface area contributed by atoms with E-state index in [0.717, 1.165) is 11.8 Å².